The van der Waals surface area contributed by atoms with Gasteiger partial charge in [-0.2, -0.15) is 0 Å². The third-order valence-corrected chi connectivity index (χ3v) is 4.78. The summed E-state index contributed by atoms with van der Waals surface area (Å²) in [5.41, 5.74) is 0.744. The first-order chi connectivity index (χ1) is 9.00. The quantitative estimate of drug-likeness (QED) is 0.838. The average molecular weight is 382 g/mol. The van der Waals surface area contributed by atoms with Crippen LogP contribution in [0.4, 0.5) is 0 Å². The molecule has 20 heavy (non-hydrogen) atoms. The van der Waals surface area contributed by atoms with Crippen LogP contribution in [0.2, 0.25) is 5.02 Å². The number of hydrogen-bond acceptors (Lipinski definition) is 2. The summed E-state index contributed by atoms with van der Waals surface area (Å²) >= 11 is 9.31. The van der Waals surface area contributed by atoms with Crippen LogP contribution in [0.3, 0.4) is 0 Å². The number of carbonyl (C=O) groups excluding carboxylic acids is 1. The van der Waals surface area contributed by atoms with Gasteiger partial charge < -0.3 is 10.6 Å². The van der Waals surface area contributed by atoms with Gasteiger partial charge in [-0.25, -0.2) is 0 Å². The van der Waals surface area contributed by atoms with Crippen molar-refractivity contribution in [1.82, 2.24) is 10.6 Å². The number of carbonyl (C=O) groups is 1. The predicted molar refractivity (Wildman–Crippen MR) is 88.9 cm³/mol. The molecule has 0 aromatic heterocycles. The first-order valence-electron chi connectivity index (χ1n) is 6.44. The summed E-state index contributed by atoms with van der Waals surface area (Å²) in [7, 11) is 0. The largest absolute Gasteiger partial charge is 0.351 e. The normalized spacial score (nSPS) is 21.9. The molecule has 1 atom stereocenters. The fourth-order valence-corrected chi connectivity index (χ4v) is 2.73. The molecule has 1 aromatic carbocycles. The summed E-state index contributed by atoms with van der Waals surface area (Å²) in [4.78, 5) is 12.1. The van der Waals surface area contributed by atoms with Gasteiger partial charge in [-0.15, -0.1) is 12.4 Å². The molecule has 0 spiro atoms. The molecule has 1 saturated heterocycles. The van der Waals surface area contributed by atoms with Gasteiger partial charge in [-0.3, -0.25) is 4.79 Å². The van der Waals surface area contributed by atoms with Crippen molar-refractivity contribution in [3.05, 3.63) is 33.3 Å². The van der Waals surface area contributed by atoms with Gasteiger partial charge in [0.15, 0.2) is 0 Å². The molecule has 1 aliphatic rings. The van der Waals surface area contributed by atoms with E-state index in [9.17, 15) is 4.79 Å². The summed E-state index contributed by atoms with van der Waals surface area (Å²) in [6.07, 6.45) is 2.30. The Morgan fingerprint density at radius 2 is 2.30 bits per heavy atom. The lowest BCUT2D eigenvalue weighted by Crippen LogP contribution is -2.45. The molecule has 1 aliphatic heterocycles. The Balaban J connectivity index is 0.00000200. The maximum Gasteiger partial charge on any atom is 0.251 e. The second kappa shape index (κ2) is 7.64. The van der Waals surface area contributed by atoms with Crippen LogP contribution in [0.15, 0.2) is 22.7 Å². The van der Waals surface area contributed by atoms with Crippen molar-refractivity contribution in [2.24, 2.45) is 5.41 Å². The van der Waals surface area contributed by atoms with Crippen molar-refractivity contribution in [1.29, 1.82) is 0 Å². The maximum absolute atomic E-state index is 12.1. The van der Waals surface area contributed by atoms with E-state index in [1.807, 2.05) is 0 Å². The van der Waals surface area contributed by atoms with Gasteiger partial charge >= 0.3 is 0 Å². The number of nitrogens with one attached hydrogen (secondary N) is 2. The molecule has 1 aromatic rings. The van der Waals surface area contributed by atoms with Crippen LogP contribution in [0.25, 0.3) is 0 Å². The van der Waals surface area contributed by atoms with Crippen LogP contribution in [0.5, 0.6) is 0 Å². The van der Waals surface area contributed by atoms with E-state index < -0.39 is 0 Å². The zero-order valence-corrected chi connectivity index (χ0v) is 14.5. The monoisotopic (exact) mass is 380 g/mol. The molecule has 1 amide bonds. The zero-order chi connectivity index (χ0) is 13.9. The van der Waals surface area contributed by atoms with Crippen molar-refractivity contribution >= 4 is 45.8 Å². The van der Waals surface area contributed by atoms with E-state index >= 15 is 0 Å². The van der Waals surface area contributed by atoms with E-state index in [1.165, 1.54) is 0 Å². The van der Waals surface area contributed by atoms with Gasteiger partial charge in [-0.05, 0) is 58.9 Å². The van der Waals surface area contributed by atoms with Gasteiger partial charge in [0, 0.05) is 23.1 Å². The van der Waals surface area contributed by atoms with Crippen LogP contribution >= 0.6 is 39.9 Å². The molecular formula is C14H19BrCl2N2O. The van der Waals surface area contributed by atoms with Crippen LogP contribution in [-0.2, 0) is 0 Å². The molecule has 2 N–H and O–H groups in total. The minimum atomic E-state index is -0.0683. The molecule has 1 heterocycles. The molecule has 0 radical (unpaired) electrons. The minimum Gasteiger partial charge on any atom is -0.351 e. The van der Waals surface area contributed by atoms with Crippen LogP contribution in [-0.4, -0.2) is 25.5 Å². The van der Waals surface area contributed by atoms with E-state index in [0.29, 0.717) is 17.1 Å². The lowest BCUT2D eigenvalue weighted by molar-refractivity contribution is 0.0924. The van der Waals surface area contributed by atoms with E-state index in [0.717, 1.165) is 30.4 Å². The summed E-state index contributed by atoms with van der Waals surface area (Å²) in [5.74, 6) is -0.0683. The van der Waals surface area contributed by atoms with Gasteiger partial charge in [0.25, 0.3) is 5.91 Å². The van der Waals surface area contributed by atoms with E-state index in [-0.39, 0.29) is 23.7 Å². The highest BCUT2D eigenvalue weighted by atomic mass is 79.9. The molecule has 6 heteroatoms. The first-order valence-corrected chi connectivity index (χ1v) is 7.61. The smallest absolute Gasteiger partial charge is 0.251 e. The van der Waals surface area contributed by atoms with Gasteiger partial charge in [0.2, 0.25) is 0 Å². The number of hydrogen-bond donors (Lipinski definition) is 2. The first kappa shape index (κ1) is 17.8. The van der Waals surface area contributed by atoms with Crippen molar-refractivity contribution in [2.45, 2.75) is 19.8 Å². The fourth-order valence-electron chi connectivity index (χ4n) is 2.30. The lowest BCUT2D eigenvalue weighted by Gasteiger charge is -2.34. The second-order valence-corrected chi connectivity index (χ2v) is 6.66. The molecule has 0 saturated carbocycles. The van der Waals surface area contributed by atoms with Crippen LogP contribution in [0.1, 0.15) is 30.1 Å². The molecule has 1 unspecified atom stereocenters. The third-order valence-electron chi connectivity index (χ3n) is 3.54. The summed E-state index contributed by atoms with van der Waals surface area (Å²) in [6, 6.07) is 5.25. The molecule has 0 bridgehead atoms. The van der Waals surface area contributed by atoms with Crippen LogP contribution in [0, 0.1) is 5.41 Å². The maximum atomic E-state index is 12.1. The summed E-state index contributed by atoms with van der Waals surface area (Å²) in [6.45, 7) is 4.92. The summed E-state index contributed by atoms with van der Waals surface area (Å²) in [5, 5.41) is 6.93. The Morgan fingerprint density at radius 3 is 2.90 bits per heavy atom. The SMILES string of the molecule is CC1(CNC(=O)c2ccc(Br)c(Cl)c2)CCCNC1.Cl. The van der Waals surface area contributed by atoms with E-state index in [4.69, 9.17) is 11.6 Å². The Bertz CT molecular complexity index is 476. The van der Waals surface area contributed by atoms with Crippen molar-refractivity contribution in [2.75, 3.05) is 19.6 Å². The topological polar surface area (TPSA) is 41.1 Å². The number of benzene rings is 1. The molecule has 112 valence electrons. The number of piperidine rings is 1. The summed E-state index contributed by atoms with van der Waals surface area (Å²) < 4.78 is 0.800. The highest BCUT2D eigenvalue weighted by molar-refractivity contribution is 9.10. The fraction of sp³-hybridized carbons (Fsp3) is 0.500. The average Bonchev–Trinajstić information content (AvgIpc) is 2.40. The highest BCUT2D eigenvalue weighted by Crippen LogP contribution is 2.25. The van der Waals surface area contributed by atoms with E-state index in [2.05, 4.69) is 33.5 Å². The highest BCUT2D eigenvalue weighted by Gasteiger charge is 2.27. The van der Waals surface area contributed by atoms with Gasteiger partial charge in [0.1, 0.15) is 0 Å². The van der Waals surface area contributed by atoms with E-state index in [1.54, 1.807) is 18.2 Å². The third kappa shape index (κ3) is 4.62. The van der Waals surface area contributed by atoms with Crippen molar-refractivity contribution in [3.8, 4) is 0 Å². The zero-order valence-electron chi connectivity index (χ0n) is 11.3. The second-order valence-electron chi connectivity index (χ2n) is 5.40. The Morgan fingerprint density at radius 1 is 1.55 bits per heavy atom. The molecule has 2 rings (SSSR count). The Labute approximate surface area is 139 Å². The van der Waals surface area contributed by atoms with Gasteiger partial charge in [0.05, 0.1) is 5.02 Å². The standard InChI is InChI=1S/C14H18BrClN2O.ClH/c1-14(5-2-6-17-8-14)9-18-13(19)10-3-4-11(15)12(16)7-10;/h3-4,7,17H,2,5-6,8-9H2,1H3,(H,18,19);1H. The van der Waals surface area contributed by atoms with Gasteiger partial charge in [-0.1, -0.05) is 18.5 Å². The number of amides is 1. The Hall–Kier alpha value is -0.290. The molecular weight excluding hydrogens is 363 g/mol. The van der Waals surface area contributed by atoms with Crippen LogP contribution < -0.4 is 10.6 Å². The Kier molecular flexibility index (Phi) is 6.79. The lowest BCUT2D eigenvalue weighted by atomic mass is 9.83. The minimum absolute atomic E-state index is 0. The number of rotatable bonds is 3. The predicted octanol–water partition coefficient (Wildman–Crippen LogP) is 3.64. The molecule has 0 aliphatic carbocycles. The molecule has 1 fully saturated rings. The van der Waals surface area contributed by atoms with Crippen molar-refractivity contribution in [3.63, 3.8) is 0 Å². The molecule has 3 nitrogen and oxygen atoms in total. The van der Waals surface area contributed by atoms with Crippen molar-refractivity contribution < 1.29 is 4.79 Å². The number of halogens is 3.